The minimum atomic E-state index is -4.92. The van der Waals surface area contributed by atoms with Gasteiger partial charge in [-0.05, 0) is 60.0 Å². The van der Waals surface area contributed by atoms with Crippen LogP contribution in [0.4, 0.5) is 32.0 Å². The number of carbonyl (C=O) groups is 3. The van der Waals surface area contributed by atoms with Crippen molar-refractivity contribution in [1.82, 2.24) is 9.80 Å². The van der Waals surface area contributed by atoms with E-state index in [1.807, 2.05) is 0 Å². The first kappa shape index (κ1) is 31.0. The molecule has 1 fully saturated rings. The number of ether oxygens (including phenoxy) is 2. The van der Waals surface area contributed by atoms with Crippen molar-refractivity contribution in [2.75, 3.05) is 31.6 Å². The molecule has 2 heterocycles. The summed E-state index contributed by atoms with van der Waals surface area (Å²) in [6, 6.07) is 9.83. The lowest BCUT2D eigenvalue weighted by Crippen LogP contribution is -2.60. The van der Waals surface area contributed by atoms with Crippen molar-refractivity contribution < 1.29 is 50.2 Å². The van der Waals surface area contributed by atoms with Crippen molar-refractivity contribution >= 4 is 35.0 Å². The van der Waals surface area contributed by atoms with E-state index in [4.69, 9.17) is 16.3 Å². The number of fused-ring (bicyclic) bond motifs is 2. The second-order valence-electron chi connectivity index (χ2n) is 10.1. The van der Waals surface area contributed by atoms with E-state index in [9.17, 15) is 40.7 Å². The van der Waals surface area contributed by atoms with Crippen LogP contribution in [0.5, 0.6) is 11.5 Å². The highest BCUT2D eigenvalue weighted by Gasteiger charge is 2.41. The van der Waals surface area contributed by atoms with Crippen LogP contribution in [0.15, 0.2) is 54.6 Å². The number of piperazine rings is 1. The molecule has 0 unspecified atom stereocenters. The van der Waals surface area contributed by atoms with Crippen LogP contribution in [0.2, 0.25) is 5.02 Å². The minimum Gasteiger partial charge on any atom is -0.482 e. The maximum absolute atomic E-state index is 13.6. The third kappa shape index (κ3) is 6.69. The Morgan fingerprint density at radius 1 is 0.977 bits per heavy atom. The van der Waals surface area contributed by atoms with Gasteiger partial charge in [0.25, 0.3) is 11.8 Å². The number of nitrogens with zero attached hydrogens (tertiary/aromatic N) is 2. The second kappa shape index (κ2) is 11.6. The Morgan fingerprint density at radius 2 is 1.73 bits per heavy atom. The molecule has 0 saturated carbocycles. The Labute approximate surface area is 251 Å². The number of hydrogen-bond acceptors (Lipinski definition) is 5. The predicted molar refractivity (Wildman–Crippen MR) is 145 cm³/mol. The number of amides is 3. The summed E-state index contributed by atoms with van der Waals surface area (Å²) >= 11 is 5.96. The highest BCUT2D eigenvalue weighted by molar-refractivity contribution is 6.32. The molecule has 2 aliphatic rings. The Bertz CT molecular complexity index is 1640. The monoisotopic (exact) mass is 641 g/mol. The van der Waals surface area contributed by atoms with Crippen molar-refractivity contribution in [3.8, 4) is 22.6 Å². The van der Waals surface area contributed by atoms with Gasteiger partial charge in [0, 0.05) is 19.2 Å². The van der Waals surface area contributed by atoms with Crippen molar-refractivity contribution in [3.05, 3.63) is 76.3 Å². The van der Waals surface area contributed by atoms with Gasteiger partial charge >= 0.3 is 12.5 Å². The number of alkyl halides is 6. The first-order valence-electron chi connectivity index (χ1n) is 13.0. The van der Waals surface area contributed by atoms with Crippen LogP contribution in [-0.4, -0.2) is 66.2 Å². The molecular formula is C29H22ClF6N3O5. The fourth-order valence-electron chi connectivity index (χ4n) is 5.00. The zero-order valence-corrected chi connectivity index (χ0v) is 23.4. The molecule has 5 rings (SSSR count). The molecule has 3 aromatic carbocycles. The van der Waals surface area contributed by atoms with Crippen molar-refractivity contribution in [2.45, 2.75) is 25.5 Å². The largest absolute Gasteiger partial charge is 0.573 e. The topological polar surface area (TPSA) is 88.2 Å². The van der Waals surface area contributed by atoms with E-state index in [0.29, 0.717) is 11.1 Å². The lowest BCUT2D eigenvalue weighted by atomic mass is 9.97. The molecule has 2 aliphatic heterocycles. The molecule has 0 aromatic heterocycles. The summed E-state index contributed by atoms with van der Waals surface area (Å²) in [6.45, 7) is 0.799. The van der Waals surface area contributed by atoms with Crippen molar-refractivity contribution in [2.24, 2.45) is 0 Å². The van der Waals surface area contributed by atoms with Gasteiger partial charge in [0.2, 0.25) is 5.91 Å². The summed E-state index contributed by atoms with van der Waals surface area (Å²) in [4.78, 5) is 42.2. The average molecular weight is 642 g/mol. The Morgan fingerprint density at radius 3 is 2.41 bits per heavy atom. The third-order valence-corrected chi connectivity index (χ3v) is 7.33. The maximum atomic E-state index is 13.6. The first-order chi connectivity index (χ1) is 20.6. The van der Waals surface area contributed by atoms with Crippen LogP contribution in [0.1, 0.15) is 21.5 Å². The zero-order chi connectivity index (χ0) is 32.0. The molecule has 0 spiro atoms. The van der Waals surface area contributed by atoms with Gasteiger partial charge in [0.15, 0.2) is 6.61 Å². The third-order valence-electron chi connectivity index (χ3n) is 7.03. The SMILES string of the molecule is Cc1cc(-c2ccc3c(c2)C(=O)N2CCN(C(=O)COc4ccc(OC(F)(F)F)cc4Cl)C[C@H]2C(=O)N3)cc(C(F)(F)F)c1. The Kier molecular flexibility index (Phi) is 8.14. The summed E-state index contributed by atoms with van der Waals surface area (Å²) in [7, 11) is 0. The number of anilines is 1. The van der Waals surface area contributed by atoms with Crippen LogP contribution in [0.25, 0.3) is 11.1 Å². The quantitative estimate of drug-likeness (QED) is 0.350. The number of hydrogen-bond donors (Lipinski definition) is 1. The summed E-state index contributed by atoms with van der Waals surface area (Å²) < 4.78 is 86.6. The number of nitrogens with one attached hydrogen (secondary N) is 1. The fraction of sp³-hybridized carbons (Fsp3) is 0.276. The van der Waals surface area contributed by atoms with Gasteiger partial charge in [-0.15, -0.1) is 13.2 Å². The molecule has 0 aliphatic carbocycles. The van der Waals surface area contributed by atoms with Gasteiger partial charge in [0.1, 0.15) is 17.5 Å². The lowest BCUT2D eigenvalue weighted by molar-refractivity contribution is -0.274. The van der Waals surface area contributed by atoms with Crippen LogP contribution in [0, 0.1) is 6.92 Å². The Balaban J connectivity index is 1.29. The van der Waals surface area contributed by atoms with Gasteiger partial charge in [-0.2, -0.15) is 13.2 Å². The van der Waals surface area contributed by atoms with Gasteiger partial charge in [0.05, 0.1) is 28.4 Å². The molecule has 232 valence electrons. The molecule has 1 atom stereocenters. The molecule has 0 bridgehead atoms. The highest BCUT2D eigenvalue weighted by atomic mass is 35.5. The van der Waals surface area contributed by atoms with Crippen molar-refractivity contribution in [3.63, 3.8) is 0 Å². The lowest BCUT2D eigenvalue weighted by Gasteiger charge is -2.39. The van der Waals surface area contributed by atoms with Crippen LogP contribution in [-0.2, 0) is 15.8 Å². The standard InChI is InChI=1S/C29H22ClF6N3O5/c1-15-8-17(10-18(9-15)28(31,32)33)16-2-4-22-20(11-16)27(42)39-7-6-38(13-23(39)26(41)37-22)25(40)14-43-24-5-3-19(12-21(24)30)44-29(34,35)36/h2-5,8-12,23H,6-7,13-14H2,1H3,(H,37,41)/t23-/m0/s1. The van der Waals surface area contributed by atoms with Gasteiger partial charge in [-0.3, -0.25) is 14.4 Å². The van der Waals surface area contributed by atoms with Gasteiger partial charge in [-0.1, -0.05) is 23.7 Å². The van der Waals surface area contributed by atoms with E-state index in [-0.39, 0.29) is 47.2 Å². The highest BCUT2D eigenvalue weighted by Crippen LogP contribution is 2.36. The second-order valence-corrected chi connectivity index (χ2v) is 10.5. The van der Waals surface area contributed by atoms with E-state index in [0.717, 1.165) is 30.3 Å². The van der Waals surface area contributed by atoms with E-state index in [2.05, 4.69) is 10.1 Å². The normalized spacial score (nSPS) is 17.0. The van der Waals surface area contributed by atoms with Crippen LogP contribution in [0.3, 0.4) is 0 Å². The molecule has 3 amide bonds. The maximum Gasteiger partial charge on any atom is 0.573 e. The van der Waals surface area contributed by atoms with E-state index >= 15 is 0 Å². The summed E-state index contributed by atoms with van der Waals surface area (Å²) in [5.74, 6) is -2.32. The minimum absolute atomic E-state index is 0.0285. The molecular weight excluding hydrogens is 620 g/mol. The number of benzene rings is 3. The fourth-order valence-corrected chi connectivity index (χ4v) is 5.22. The summed E-state index contributed by atoms with van der Waals surface area (Å²) in [5.41, 5.74) is 0.408. The van der Waals surface area contributed by atoms with Crippen LogP contribution < -0.4 is 14.8 Å². The molecule has 15 heteroatoms. The Hall–Kier alpha value is -4.46. The number of halogens is 7. The smallest absolute Gasteiger partial charge is 0.482 e. The van der Waals surface area contributed by atoms with Crippen LogP contribution >= 0.6 is 11.6 Å². The number of rotatable bonds is 5. The summed E-state index contributed by atoms with van der Waals surface area (Å²) in [6.07, 6.45) is -9.48. The molecule has 0 radical (unpaired) electrons. The van der Waals surface area contributed by atoms with Gasteiger partial charge in [-0.25, -0.2) is 0 Å². The first-order valence-corrected chi connectivity index (χ1v) is 13.4. The average Bonchev–Trinajstić information content (AvgIpc) is 3.04. The number of aryl methyl sites for hydroxylation is 1. The number of carbonyl (C=O) groups excluding carboxylic acids is 3. The van der Waals surface area contributed by atoms with E-state index < -0.39 is 54.2 Å². The molecule has 3 aromatic rings. The molecule has 44 heavy (non-hydrogen) atoms. The van der Waals surface area contributed by atoms with Crippen molar-refractivity contribution in [1.29, 1.82) is 0 Å². The predicted octanol–water partition coefficient (Wildman–Crippen LogP) is 5.92. The molecule has 8 nitrogen and oxygen atoms in total. The molecule has 1 saturated heterocycles. The summed E-state index contributed by atoms with van der Waals surface area (Å²) in [5, 5.41) is 2.44. The van der Waals surface area contributed by atoms with E-state index in [1.165, 1.54) is 34.9 Å². The molecule has 1 N–H and O–H groups in total. The van der Waals surface area contributed by atoms with E-state index in [1.54, 1.807) is 6.07 Å². The zero-order valence-electron chi connectivity index (χ0n) is 22.7. The van der Waals surface area contributed by atoms with Gasteiger partial charge < -0.3 is 24.6 Å².